The highest BCUT2D eigenvalue weighted by Crippen LogP contribution is 2.03. The molecule has 0 spiro atoms. The van der Waals surface area contributed by atoms with Crippen molar-refractivity contribution in [3.05, 3.63) is 68.2 Å². The lowest BCUT2D eigenvalue weighted by Crippen LogP contribution is -2.39. The number of aryl methyl sites for hydroxylation is 2. The van der Waals surface area contributed by atoms with E-state index in [2.05, 4.69) is 0 Å². The fourth-order valence-corrected chi connectivity index (χ4v) is 1.80. The van der Waals surface area contributed by atoms with Crippen molar-refractivity contribution in [2.24, 2.45) is 7.05 Å². The molecule has 0 saturated heterocycles. The third-order valence-corrected chi connectivity index (χ3v) is 2.76. The van der Waals surface area contributed by atoms with Gasteiger partial charge in [0.1, 0.15) is 5.82 Å². The minimum atomic E-state index is -0.380. The Morgan fingerprint density at radius 3 is 2.20 bits per heavy atom. The summed E-state index contributed by atoms with van der Waals surface area (Å²) in [5.74, 6) is -0.344. The molecule has 5 heteroatoms. The van der Waals surface area contributed by atoms with Crippen molar-refractivity contribution in [1.82, 2.24) is 9.13 Å². The third kappa shape index (κ3) is 3.44. The molecule has 1 heterocycles. The van der Waals surface area contributed by atoms with Crippen LogP contribution in [0, 0.1) is 12.7 Å². The molecular weight excluding hydrogens is 259 g/mol. The lowest BCUT2D eigenvalue weighted by atomic mass is 10.2. The first-order valence-electron chi connectivity index (χ1n) is 6.50. The molecule has 0 bridgehead atoms. The molecule has 0 aliphatic carbocycles. The van der Waals surface area contributed by atoms with Gasteiger partial charge in [0.05, 0.1) is 6.54 Å². The van der Waals surface area contributed by atoms with Crippen LogP contribution in [0.5, 0.6) is 0 Å². The minimum absolute atomic E-state index is 0.146. The number of nitrogens with zero attached hydrogens (tertiary/aromatic N) is 2. The van der Waals surface area contributed by atoms with E-state index in [0.717, 1.165) is 4.57 Å². The summed E-state index contributed by atoms with van der Waals surface area (Å²) in [6, 6.07) is 5.73. The second-order valence-corrected chi connectivity index (χ2v) is 4.22. The van der Waals surface area contributed by atoms with Crippen LogP contribution in [-0.4, -0.2) is 9.13 Å². The molecule has 0 saturated carbocycles. The van der Waals surface area contributed by atoms with Crippen LogP contribution in [0.15, 0.2) is 40.1 Å². The summed E-state index contributed by atoms with van der Waals surface area (Å²) in [5, 5.41) is 0. The van der Waals surface area contributed by atoms with Gasteiger partial charge in [-0.3, -0.25) is 9.36 Å². The SMILES string of the molecule is CC.Cc1cn(C)c(=O)n(Cc2ccc(F)cc2)c1=O. The van der Waals surface area contributed by atoms with Crippen molar-refractivity contribution in [3.63, 3.8) is 0 Å². The molecule has 0 aliphatic heterocycles. The Balaban J connectivity index is 0.000000956. The number of aromatic nitrogens is 2. The average molecular weight is 278 g/mol. The Morgan fingerprint density at radius 2 is 1.65 bits per heavy atom. The van der Waals surface area contributed by atoms with Crippen LogP contribution >= 0.6 is 0 Å². The number of rotatable bonds is 2. The predicted octanol–water partition coefficient (Wildman–Crippen LogP) is 2.07. The van der Waals surface area contributed by atoms with Crippen molar-refractivity contribution in [1.29, 1.82) is 0 Å². The van der Waals surface area contributed by atoms with Gasteiger partial charge in [-0.15, -0.1) is 0 Å². The molecule has 0 amide bonds. The Bertz CT molecular complexity index is 650. The van der Waals surface area contributed by atoms with Crippen LogP contribution in [0.25, 0.3) is 0 Å². The van der Waals surface area contributed by atoms with Gasteiger partial charge < -0.3 is 4.57 Å². The second-order valence-electron chi connectivity index (χ2n) is 4.22. The zero-order valence-electron chi connectivity index (χ0n) is 12.2. The van der Waals surface area contributed by atoms with Gasteiger partial charge in [-0.25, -0.2) is 9.18 Å². The maximum Gasteiger partial charge on any atom is 0.331 e. The molecule has 2 rings (SSSR count). The molecular formula is C15H19FN2O2. The van der Waals surface area contributed by atoms with E-state index in [9.17, 15) is 14.0 Å². The van der Waals surface area contributed by atoms with Crippen LogP contribution in [0.1, 0.15) is 25.0 Å². The average Bonchev–Trinajstić information content (AvgIpc) is 2.46. The summed E-state index contributed by atoms with van der Waals surface area (Å²) < 4.78 is 15.3. The van der Waals surface area contributed by atoms with Crippen LogP contribution in [0.4, 0.5) is 4.39 Å². The van der Waals surface area contributed by atoms with Gasteiger partial charge in [0.2, 0.25) is 0 Å². The highest BCUT2D eigenvalue weighted by atomic mass is 19.1. The number of hydrogen-bond acceptors (Lipinski definition) is 2. The number of benzene rings is 1. The van der Waals surface area contributed by atoms with E-state index in [1.165, 1.54) is 22.9 Å². The van der Waals surface area contributed by atoms with Crippen LogP contribution in [-0.2, 0) is 13.6 Å². The second kappa shape index (κ2) is 6.84. The van der Waals surface area contributed by atoms with Crippen molar-refractivity contribution < 1.29 is 4.39 Å². The largest absolute Gasteiger partial charge is 0.331 e. The quantitative estimate of drug-likeness (QED) is 0.844. The van der Waals surface area contributed by atoms with Gasteiger partial charge in [-0.2, -0.15) is 0 Å². The number of halogens is 1. The van der Waals surface area contributed by atoms with Crippen molar-refractivity contribution in [3.8, 4) is 0 Å². The monoisotopic (exact) mass is 278 g/mol. The van der Waals surface area contributed by atoms with Gasteiger partial charge in [0.25, 0.3) is 5.56 Å². The van der Waals surface area contributed by atoms with Crippen molar-refractivity contribution >= 4 is 0 Å². The molecule has 4 nitrogen and oxygen atoms in total. The van der Waals surface area contributed by atoms with E-state index in [-0.39, 0.29) is 23.6 Å². The molecule has 0 fully saturated rings. The van der Waals surface area contributed by atoms with Crippen LogP contribution < -0.4 is 11.2 Å². The van der Waals surface area contributed by atoms with Crippen molar-refractivity contribution in [2.75, 3.05) is 0 Å². The fourth-order valence-electron chi connectivity index (χ4n) is 1.80. The molecule has 0 unspecified atom stereocenters. The van der Waals surface area contributed by atoms with E-state index in [1.54, 1.807) is 26.1 Å². The molecule has 0 N–H and O–H groups in total. The smallest absolute Gasteiger partial charge is 0.303 e. The van der Waals surface area contributed by atoms with Gasteiger partial charge in [-0.05, 0) is 24.6 Å². The summed E-state index contributed by atoms with van der Waals surface area (Å²) in [5.41, 5.74) is 0.512. The maximum atomic E-state index is 12.8. The standard InChI is InChI=1S/C13H13FN2O2.C2H6/c1-9-7-15(2)13(18)16(12(9)17)8-10-3-5-11(14)6-4-10;1-2/h3-7H,8H2,1-2H3;1-2H3. The molecule has 20 heavy (non-hydrogen) atoms. The van der Waals surface area contributed by atoms with Gasteiger partial charge in [0.15, 0.2) is 0 Å². The zero-order valence-corrected chi connectivity index (χ0v) is 12.2. The maximum absolute atomic E-state index is 12.8. The Kier molecular flexibility index (Phi) is 5.43. The molecule has 0 atom stereocenters. The lowest BCUT2D eigenvalue weighted by molar-refractivity contribution is 0.618. The van der Waals surface area contributed by atoms with Crippen LogP contribution in [0.2, 0.25) is 0 Å². The van der Waals surface area contributed by atoms with Gasteiger partial charge in [0, 0.05) is 18.8 Å². The number of hydrogen-bond donors (Lipinski definition) is 0. The summed E-state index contributed by atoms with van der Waals surface area (Å²) >= 11 is 0. The molecule has 0 aliphatic rings. The van der Waals surface area contributed by atoms with E-state index < -0.39 is 0 Å². The first-order valence-corrected chi connectivity index (χ1v) is 6.50. The van der Waals surface area contributed by atoms with E-state index in [1.807, 2.05) is 13.8 Å². The Morgan fingerprint density at radius 1 is 1.10 bits per heavy atom. The summed E-state index contributed by atoms with van der Waals surface area (Å²) in [6.07, 6.45) is 1.51. The summed E-state index contributed by atoms with van der Waals surface area (Å²) in [7, 11) is 1.59. The topological polar surface area (TPSA) is 44.0 Å². The highest BCUT2D eigenvalue weighted by Gasteiger charge is 2.07. The summed E-state index contributed by atoms with van der Waals surface area (Å²) in [4.78, 5) is 23.8. The van der Waals surface area contributed by atoms with E-state index in [4.69, 9.17) is 0 Å². The Labute approximate surface area is 117 Å². The lowest BCUT2D eigenvalue weighted by Gasteiger charge is -2.08. The Hall–Kier alpha value is -2.17. The highest BCUT2D eigenvalue weighted by molar-refractivity contribution is 5.17. The van der Waals surface area contributed by atoms with E-state index in [0.29, 0.717) is 11.1 Å². The first-order chi connectivity index (χ1) is 9.49. The molecule has 1 aromatic heterocycles. The zero-order chi connectivity index (χ0) is 15.3. The van der Waals surface area contributed by atoms with Crippen LogP contribution in [0.3, 0.4) is 0 Å². The molecule has 1 aromatic carbocycles. The fraction of sp³-hybridized carbons (Fsp3) is 0.333. The minimum Gasteiger partial charge on any atom is -0.303 e. The normalized spacial score (nSPS) is 9.85. The van der Waals surface area contributed by atoms with Gasteiger partial charge >= 0.3 is 5.69 Å². The predicted molar refractivity (Wildman–Crippen MR) is 77.5 cm³/mol. The molecule has 2 aromatic rings. The van der Waals surface area contributed by atoms with Gasteiger partial charge in [-0.1, -0.05) is 26.0 Å². The first kappa shape index (κ1) is 15.9. The molecule has 108 valence electrons. The van der Waals surface area contributed by atoms with Crippen molar-refractivity contribution in [2.45, 2.75) is 27.3 Å². The summed E-state index contributed by atoms with van der Waals surface area (Å²) in [6.45, 7) is 5.80. The third-order valence-electron chi connectivity index (χ3n) is 2.76. The molecule has 0 radical (unpaired) electrons. The van der Waals surface area contributed by atoms with E-state index >= 15 is 0 Å².